The lowest BCUT2D eigenvalue weighted by molar-refractivity contribution is -0.122. The van der Waals surface area contributed by atoms with Gasteiger partial charge in [0.15, 0.2) is 0 Å². The Labute approximate surface area is 189 Å². The summed E-state index contributed by atoms with van der Waals surface area (Å²) < 4.78 is 1.82. The lowest BCUT2D eigenvalue weighted by Gasteiger charge is -2.23. The third-order valence-electron chi connectivity index (χ3n) is 6.31. The van der Waals surface area contributed by atoms with E-state index in [0.29, 0.717) is 35.5 Å². The maximum Gasteiger partial charge on any atom is 0.261 e. The van der Waals surface area contributed by atoms with E-state index in [4.69, 9.17) is 4.98 Å². The Morgan fingerprint density at radius 2 is 1.69 bits per heavy atom. The first kappa shape index (κ1) is 22.3. The van der Waals surface area contributed by atoms with Crippen molar-refractivity contribution in [3.8, 4) is 0 Å². The molecular formula is C27H33N3O2. The number of carbonyl (C=O) groups is 1. The zero-order chi connectivity index (χ0) is 22.8. The summed E-state index contributed by atoms with van der Waals surface area (Å²) in [6.45, 7) is 8.60. The molecule has 1 aromatic heterocycles. The van der Waals surface area contributed by atoms with Crippen LogP contribution in [0.2, 0.25) is 0 Å². The Kier molecular flexibility index (Phi) is 6.45. The van der Waals surface area contributed by atoms with Gasteiger partial charge in [-0.25, -0.2) is 4.98 Å². The molecule has 1 heterocycles. The summed E-state index contributed by atoms with van der Waals surface area (Å²) in [6.07, 6.45) is 2.77. The summed E-state index contributed by atoms with van der Waals surface area (Å²) >= 11 is 0. The minimum Gasteiger partial charge on any atom is -0.349 e. The Bertz CT molecular complexity index is 1160. The molecule has 5 heteroatoms. The normalized spacial score (nSPS) is 14.8. The average molecular weight is 432 g/mol. The van der Waals surface area contributed by atoms with E-state index in [1.165, 1.54) is 5.56 Å². The second-order valence-corrected chi connectivity index (χ2v) is 9.56. The molecule has 1 aliphatic rings. The quantitative estimate of drug-likeness (QED) is 0.526. The molecular weight excluding hydrogens is 398 g/mol. The van der Waals surface area contributed by atoms with E-state index in [1.807, 2.05) is 28.8 Å². The number of nitrogens with one attached hydrogen (secondary N) is 1. The SMILES string of the molecule is CC(C)c1ccc(C(NC(=O)CCc2nc3ccccc3c(=O)n2C2CC2)C(C)C)cc1. The zero-order valence-electron chi connectivity index (χ0n) is 19.5. The smallest absolute Gasteiger partial charge is 0.261 e. The van der Waals surface area contributed by atoms with Gasteiger partial charge < -0.3 is 5.32 Å². The van der Waals surface area contributed by atoms with E-state index in [9.17, 15) is 9.59 Å². The number of fused-ring (bicyclic) bond motifs is 1. The largest absolute Gasteiger partial charge is 0.349 e. The molecule has 1 amide bonds. The van der Waals surface area contributed by atoms with Gasteiger partial charge in [0.2, 0.25) is 5.91 Å². The van der Waals surface area contributed by atoms with E-state index >= 15 is 0 Å². The lowest BCUT2D eigenvalue weighted by Crippen LogP contribution is -2.32. The minimum atomic E-state index is -0.0427. The van der Waals surface area contributed by atoms with Crippen LogP contribution in [0.15, 0.2) is 53.3 Å². The van der Waals surface area contributed by atoms with E-state index in [1.54, 1.807) is 0 Å². The monoisotopic (exact) mass is 431 g/mol. The van der Waals surface area contributed by atoms with Crippen LogP contribution in [0.25, 0.3) is 10.9 Å². The van der Waals surface area contributed by atoms with Crippen molar-refractivity contribution in [3.05, 3.63) is 75.8 Å². The summed E-state index contributed by atoms with van der Waals surface area (Å²) in [5.41, 5.74) is 3.13. The first-order chi connectivity index (χ1) is 15.3. The molecule has 0 radical (unpaired) electrons. The summed E-state index contributed by atoms with van der Waals surface area (Å²) in [5, 5.41) is 3.86. The molecule has 1 aliphatic carbocycles. The van der Waals surface area contributed by atoms with Gasteiger partial charge >= 0.3 is 0 Å². The number of nitrogens with zero attached hydrogens (tertiary/aromatic N) is 2. The number of aryl methyl sites for hydroxylation is 1. The molecule has 168 valence electrons. The number of aromatic nitrogens is 2. The van der Waals surface area contributed by atoms with Crippen molar-refractivity contribution in [3.63, 3.8) is 0 Å². The van der Waals surface area contributed by atoms with Crippen molar-refractivity contribution in [2.45, 2.75) is 71.4 Å². The topological polar surface area (TPSA) is 64.0 Å². The van der Waals surface area contributed by atoms with E-state index in [-0.39, 0.29) is 29.5 Å². The van der Waals surface area contributed by atoms with Crippen LogP contribution in [-0.2, 0) is 11.2 Å². The molecule has 0 saturated heterocycles. The number of hydrogen-bond donors (Lipinski definition) is 1. The number of hydrogen-bond acceptors (Lipinski definition) is 3. The van der Waals surface area contributed by atoms with Crippen LogP contribution in [0.4, 0.5) is 0 Å². The van der Waals surface area contributed by atoms with E-state index in [2.05, 4.69) is 57.3 Å². The van der Waals surface area contributed by atoms with E-state index in [0.717, 1.165) is 18.4 Å². The molecule has 32 heavy (non-hydrogen) atoms. The third-order valence-corrected chi connectivity index (χ3v) is 6.31. The number of para-hydroxylation sites is 1. The first-order valence-corrected chi connectivity index (χ1v) is 11.7. The molecule has 4 rings (SSSR count). The third kappa shape index (κ3) is 4.77. The number of amides is 1. The number of rotatable bonds is 8. The highest BCUT2D eigenvalue weighted by Gasteiger charge is 2.28. The molecule has 2 aromatic carbocycles. The molecule has 1 atom stereocenters. The fourth-order valence-corrected chi connectivity index (χ4v) is 4.27. The highest BCUT2D eigenvalue weighted by atomic mass is 16.1. The summed E-state index contributed by atoms with van der Waals surface area (Å²) in [5.74, 6) is 1.46. The first-order valence-electron chi connectivity index (χ1n) is 11.7. The zero-order valence-corrected chi connectivity index (χ0v) is 19.5. The van der Waals surface area contributed by atoms with Gasteiger partial charge in [-0.15, -0.1) is 0 Å². The Morgan fingerprint density at radius 3 is 2.31 bits per heavy atom. The van der Waals surface area contributed by atoms with Gasteiger partial charge in [0.25, 0.3) is 5.56 Å². The van der Waals surface area contributed by atoms with Crippen LogP contribution in [0.5, 0.6) is 0 Å². The van der Waals surface area contributed by atoms with Gasteiger partial charge in [0.1, 0.15) is 5.82 Å². The predicted molar refractivity (Wildman–Crippen MR) is 129 cm³/mol. The van der Waals surface area contributed by atoms with Crippen molar-refractivity contribution >= 4 is 16.8 Å². The summed E-state index contributed by atoms with van der Waals surface area (Å²) in [7, 11) is 0. The summed E-state index contributed by atoms with van der Waals surface area (Å²) in [6, 6.07) is 16.2. The lowest BCUT2D eigenvalue weighted by atomic mass is 9.93. The van der Waals surface area contributed by atoms with Crippen LogP contribution in [0, 0.1) is 5.92 Å². The average Bonchev–Trinajstić information content (AvgIpc) is 3.61. The van der Waals surface area contributed by atoms with Crippen LogP contribution in [0.1, 0.15) is 81.9 Å². The van der Waals surface area contributed by atoms with Crippen molar-refractivity contribution in [1.29, 1.82) is 0 Å². The fraction of sp³-hybridized carbons (Fsp3) is 0.444. The molecule has 1 fully saturated rings. The second kappa shape index (κ2) is 9.27. The van der Waals surface area contributed by atoms with Gasteiger partial charge in [-0.05, 0) is 47.9 Å². The molecule has 1 saturated carbocycles. The fourth-order valence-electron chi connectivity index (χ4n) is 4.27. The van der Waals surface area contributed by atoms with Crippen molar-refractivity contribution in [1.82, 2.24) is 14.9 Å². The van der Waals surface area contributed by atoms with Gasteiger partial charge in [0.05, 0.1) is 16.9 Å². The number of carbonyl (C=O) groups excluding carboxylic acids is 1. The maximum absolute atomic E-state index is 13.0. The Morgan fingerprint density at radius 1 is 1.03 bits per heavy atom. The standard InChI is InChI=1S/C27H33N3O2/c1-17(2)19-9-11-20(12-10-19)26(18(3)4)29-25(31)16-15-24-28-23-8-6-5-7-22(23)27(32)30(24)21-13-14-21/h5-12,17-18,21,26H,13-16H2,1-4H3,(H,29,31). The molecule has 0 aliphatic heterocycles. The van der Waals surface area contributed by atoms with Gasteiger partial charge in [-0.2, -0.15) is 0 Å². The molecule has 0 bridgehead atoms. The summed E-state index contributed by atoms with van der Waals surface area (Å²) in [4.78, 5) is 30.7. The predicted octanol–water partition coefficient (Wildman–Crippen LogP) is 5.30. The van der Waals surface area contributed by atoms with Crippen molar-refractivity contribution in [2.24, 2.45) is 5.92 Å². The molecule has 1 N–H and O–H groups in total. The molecule has 5 nitrogen and oxygen atoms in total. The van der Waals surface area contributed by atoms with Gasteiger partial charge in [0, 0.05) is 18.9 Å². The minimum absolute atomic E-state index is 0.0126. The molecule has 0 spiro atoms. The van der Waals surface area contributed by atoms with Crippen LogP contribution >= 0.6 is 0 Å². The van der Waals surface area contributed by atoms with Gasteiger partial charge in [-0.1, -0.05) is 64.1 Å². The van der Waals surface area contributed by atoms with Crippen LogP contribution in [0.3, 0.4) is 0 Å². The van der Waals surface area contributed by atoms with Crippen LogP contribution < -0.4 is 10.9 Å². The second-order valence-electron chi connectivity index (χ2n) is 9.56. The highest BCUT2D eigenvalue weighted by molar-refractivity contribution is 5.78. The van der Waals surface area contributed by atoms with Crippen molar-refractivity contribution in [2.75, 3.05) is 0 Å². The van der Waals surface area contributed by atoms with E-state index < -0.39 is 0 Å². The highest BCUT2D eigenvalue weighted by Crippen LogP contribution is 2.35. The Balaban J connectivity index is 1.50. The molecule has 3 aromatic rings. The van der Waals surface area contributed by atoms with Crippen molar-refractivity contribution < 1.29 is 4.79 Å². The number of benzene rings is 2. The van der Waals surface area contributed by atoms with Gasteiger partial charge in [-0.3, -0.25) is 14.2 Å². The van der Waals surface area contributed by atoms with Crippen LogP contribution in [-0.4, -0.2) is 15.5 Å². The molecule has 1 unspecified atom stereocenters. The Hall–Kier alpha value is -2.95. The maximum atomic E-state index is 13.0.